The molecule has 145 heavy (non-hydrogen) atoms. The van der Waals surface area contributed by atoms with Crippen LogP contribution in [0.4, 0.5) is 8.78 Å². The minimum atomic E-state index is -1.14. The largest absolute Gasteiger partial charge is 0.342 e. The maximum Gasteiger partial charge on any atom is 0.267 e. The SMILES string of the molecule is C#Cc1cccc2nc([C@H](C)NC(=O)c3c(C)nn4cccnc34)n(-c3ccc(F)c(F)c3)c(=O)c12.C#Cc1cccc2nc([C@H](C)NC(=O)c3c(C)nn4cccnc34)n(-c3ccccc3)c(=O)c12.CC#Cc1cccc2nc([C@H](C)NC(=O)c3c(C)nn4cccnc34)n(-c3ccccc3)c(=O)c12.Cc1nn2cccnc2c1C(=O)N[C@@H](C)c1nc2cccc(C#Cc3cnn(C)c3)c2c(=O)n1-c1ccccc1. The Bertz CT molecular complexity index is 9310. The zero-order chi connectivity index (χ0) is 102. The Kier molecular flexibility index (Phi) is 26.7. The van der Waals surface area contributed by atoms with Gasteiger partial charge >= 0.3 is 0 Å². The van der Waals surface area contributed by atoms with Crippen molar-refractivity contribution < 1.29 is 28.0 Å². The van der Waals surface area contributed by atoms with Crippen molar-refractivity contribution in [1.82, 2.24) is 128 Å². The van der Waals surface area contributed by atoms with E-state index < -0.39 is 47.3 Å². The highest BCUT2D eigenvalue weighted by atomic mass is 19.2. The molecule has 21 rings (SSSR count). The van der Waals surface area contributed by atoms with E-state index in [0.29, 0.717) is 157 Å². The number of aryl methyl sites for hydroxylation is 5. The molecule has 0 radical (unpaired) electrons. The molecule has 712 valence electrons. The number of carbonyl (C=O) groups excluding carboxylic acids is 4. The lowest BCUT2D eigenvalue weighted by atomic mass is 10.1. The maximum absolute atomic E-state index is 14.1. The van der Waals surface area contributed by atoms with Crippen LogP contribution in [0.1, 0.15) is 174 Å². The topological polar surface area (TPSA) is 395 Å². The van der Waals surface area contributed by atoms with E-state index in [0.717, 1.165) is 22.3 Å². The van der Waals surface area contributed by atoms with E-state index in [2.05, 4.69) is 107 Å². The van der Waals surface area contributed by atoms with E-state index in [1.807, 2.05) is 122 Å². The number of hydrogen-bond donors (Lipinski definition) is 4. The average molecular weight is 1920 g/mol. The van der Waals surface area contributed by atoms with Crippen molar-refractivity contribution in [1.29, 1.82) is 0 Å². The lowest BCUT2D eigenvalue weighted by Gasteiger charge is -2.20. The van der Waals surface area contributed by atoms with Crippen LogP contribution in [0.15, 0.2) is 287 Å². The molecule has 4 amide bonds. The second-order valence-electron chi connectivity index (χ2n) is 33.3. The van der Waals surface area contributed by atoms with Gasteiger partial charge < -0.3 is 21.3 Å². The lowest BCUT2D eigenvalue weighted by Crippen LogP contribution is -2.33. The Morgan fingerprint density at radius 1 is 0.352 bits per heavy atom. The first-order chi connectivity index (χ1) is 70.2. The molecule has 8 aromatic carbocycles. The highest BCUT2D eigenvalue weighted by molar-refractivity contribution is 6.04. The van der Waals surface area contributed by atoms with Crippen LogP contribution in [0.5, 0.6) is 0 Å². The molecule has 0 fully saturated rings. The van der Waals surface area contributed by atoms with Crippen molar-refractivity contribution in [3.63, 3.8) is 0 Å². The Balaban J connectivity index is 0.000000127. The fourth-order valence-electron chi connectivity index (χ4n) is 17.1. The van der Waals surface area contributed by atoms with Crippen LogP contribution < -0.4 is 43.5 Å². The summed E-state index contributed by atoms with van der Waals surface area (Å²) in [5.74, 6) is 14.6. The van der Waals surface area contributed by atoms with Crippen LogP contribution in [-0.2, 0) is 7.05 Å². The minimum Gasteiger partial charge on any atom is -0.342 e. The second-order valence-corrected chi connectivity index (χ2v) is 33.3. The molecule has 0 aliphatic heterocycles. The predicted molar refractivity (Wildman–Crippen MR) is 541 cm³/mol. The summed E-state index contributed by atoms with van der Waals surface area (Å²) in [6.45, 7) is 15.7. The smallest absolute Gasteiger partial charge is 0.267 e. The van der Waals surface area contributed by atoms with Gasteiger partial charge in [0.1, 0.15) is 45.6 Å². The molecule has 0 aliphatic rings. The minimum absolute atomic E-state index is 0.0325. The van der Waals surface area contributed by atoms with Crippen LogP contribution in [-0.4, -0.2) is 130 Å². The summed E-state index contributed by atoms with van der Waals surface area (Å²) in [7, 11) is 1.82. The third kappa shape index (κ3) is 18.7. The van der Waals surface area contributed by atoms with E-state index in [4.69, 9.17) is 27.8 Å². The van der Waals surface area contributed by atoms with Crippen LogP contribution in [0, 0.1) is 87.7 Å². The summed E-state index contributed by atoms with van der Waals surface area (Å²) >= 11 is 0. The Hall–Kier alpha value is -20.0. The average Bonchev–Trinajstić information content (AvgIpc) is 1.24. The Morgan fingerprint density at radius 2 is 0.648 bits per heavy atom. The summed E-state index contributed by atoms with van der Waals surface area (Å²) < 4.78 is 41.4. The monoisotopic (exact) mass is 1920 g/mol. The van der Waals surface area contributed by atoms with Crippen molar-refractivity contribution in [3.05, 3.63) is 417 Å². The van der Waals surface area contributed by atoms with E-state index in [9.17, 15) is 47.1 Å². The van der Waals surface area contributed by atoms with Gasteiger partial charge in [-0.3, -0.25) is 61.3 Å². The molecule has 4 N–H and O–H groups in total. The molecule has 0 unspecified atom stereocenters. The standard InChI is InChI=1S/C30H24N8O2.C27H22N6O2.C26H18F2N6O2.C26H20N6O2/c1-19-25(28-31-15-8-16-37(28)35-19)29(39)33-20(2)27-34-24-12-7-9-22(14-13-21-17-32-36(3)18-21)26(24)30(40)38(27)23-10-5-4-6-11-23;1-4-10-19-11-8-14-21-23(19)27(35)33(20-12-6-5-7-13-20)24(30-21)18(3)29-26(34)22-17(2)31-32-16-9-15-28-25(22)32;1-4-16-7-5-8-20-22(16)26(36)34(17-9-10-18(27)19(28)13-17)23(31-20)15(3)30-25(35)21-14(2)32-33-12-6-11-29-24(21)33;1-4-18-10-8-13-20-22(18)26(34)32(19-11-6-5-7-12-19)23(29-20)17(3)28-25(33)21-16(2)30-31-15-9-14-27-24(21)31/h4-12,15-18,20H,1-3H3,(H,33,39);5-9,11-16,18H,1-3H3,(H,29,34);1,5-13,15H,2-3H3,(H,30,35);1,5-15,17H,2-3H3,(H,28,33)/t20-;18-;15-;17-/m0000/s1. The number of halogens is 2. The Morgan fingerprint density at radius 3 is 0.938 bits per heavy atom. The van der Waals surface area contributed by atoms with Gasteiger partial charge in [-0.05, 0) is 184 Å². The van der Waals surface area contributed by atoms with Gasteiger partial charge in [-0.1, -0.05) is 108 Å². The lowest BCUT2D eigenvalue weighted by molar-refractivity contribution is 0.0930. The summed E-state index contributed by atoms with van der Waals surface area (Å²) in [5.41, 5.74) is 10.2. The van der Waals surface area contributed by atoms with Crippen molar-refractivity contribution in [2.45, 2.75) is 86.5 Å². The first-order valence-electron chi connectivity index (χ1n) is 45.3. The van der Waals surface area contributed by atoms with Gasteiger partial charge in [0.05, 0.1) is 125 Å². The number of carbonyl (C=O) groups is 4. The molecule has 21 aromatic rings. The number of nitrogens with zero attached hydrogens (tertiary/aromatic N) is 22. The summed E-state index contributed by atoms with van der Waals surface area (Å²) in [5, 5.41) is 34.7. The fourth-order valence-corrected chi connectivity index (χ4v) is 17.1. The number of nitrogens with one attached hydrogen (secondary N) is 4. The van der Waals surface area contributed by atoms with E-state index in [-0.39, 0.29) is 56.9 Å². The molecule has 0 saturated heterocycles. The molecule has 4 atom stereocenters. The molecule has 13 heterocycles. The molecule has 0 saturated carbocycles. The van der Waals surface area contributed by atoms with Gasteiger partial charge in [0, 0.05) is 91.1 Å². The molecule has 36 heteroatoms. The van der Waals surface area contributed by atoms with E-state index >= 15 is 0 Å². The molecule has 0 aliphatic carbocycles. The summed E-state index contributed by atoms with van der Waals surface area (Å²) in [6, 6.07) is 55.8. The number of rotatable bonds is 16. The summed E-state index contributed by atoms with van der Waals surface area (Å²) in [6.07, 6.45) is 28.0. The van der Waals surface area contributed by atoms with Gasteiger partial charge in [0.2, 0.25) is 0 Å². The first kappa shape index (κ1) is 95.3. The molecular formula is C109H84F2N26O8. The normalized spacial score (nSPS) is 11.8. The number of terminal acetylenes is 2. The second kappa shape index (κ2) is 40.6. The van der Waals surface area contributed by atoms with Crippen molar-refractivity contribution in [3.8, 4) is 71.1 Å². The predicted octanol–water partition coefficient (Wildman–Crippen LogP) is 13.7. The molecule has 34 nitrogen and oxygen atoms in total. The Labute approximate surface area is 822 Å². The zero-order valence-corrected chi connectivity index (χ0v) is 79.2. The van der Waals surface area contributed by atoms with Crippen molar-refractivity contribution >= 4 is 89.8 Å². The number of hydrogen-bond acceptors (Lipinski definition) is 21. The highest BCUT2D eigenvalue weighted by Gasteiger charge is 2.32. The maximum atomic E-state index is 14.1. The number of amides is 4. The first-order valence-corrected chi connectivity index (χ1v) is 45.3. The van der Waals surface area contributed by atoms with Crippen molar-refractivity contribution in [2.24, 2.45) is 7.05 Å². The number of fused-ring (bicyclic) bond motifs is 8. The quantitative estimate of drug-likeness (QED) is 0.0653. The molecule has 0 bridgehead atoms. The van der Waals surface area contributed by atoms with E-state index in [1.165, 1.54) is 24.3 Å². The third-order valence-corrected chi connectivity index (χ3v) is 23.6. The van der Waals surface area contributed by atoms with Crippen molar-refractivity contribution in [2.75, 3.05) is 0 Å². The van der Waals surface area contributed by atoms with Gasteiger partial charge in [0.25, 0.3) is 45.9 Å². The van der Waals surface area contributed by atoms with Crippen LogP contribution in [0.25, 0.3) is 88.9 Å². The van der Waals surface area contributed by atoms with Crippen LogP contribution >= 0.6 is 0 Å². The number of aromatic nitrogens is 22. The molecule has 0 spiro atoms. The molecule has 13 aromatic heterocycles. The molecular weight excluding hydrogens is 1840 g/mol. The highest BCUT2D eigenvalue weighted by Crippen LogP contribution is 2.30. The van der Waals surface area contributed by atoms with Gasteiger partial charge in [0.15, 0.2) is 34.2 Å². The fraction of sp³-hybridized carbons (Fsp3) is 0.128. The number of para-hydroxylation sites is 3. The van der Waals surface area contributed by atoms with Crippen LogP contribution in [0.2, 0.25) is 0 Å². The third-order valence-electron chi connectivity index (χ3n) is 23.6. The van der Waals surface area contributed by atoms with Crippen LogP contribution in [0.3, 0.4) is 0 Å². The van der Waals surface area contributed by atoms with Gasteiger partial charge in [-0.2, -0.15) is 25.5 Å². The van der Waals surface area contributed by atoms with Gasteiger partial charge in [-0.15, -0.1) is 18.8 Å². The number of benzene rings is 8. The summed E-state index contributed by atoms with van der Waals surface area (Å²) in [4.78, 5) is 145. The van der Waals surface area contributed by atoms with Gasteiger partial charge in [-0.25, -0.2) is 66.7 Å². The van der Waals surface area contributed by atoms with E-state index in [1.54, 1.807) is 215 Å². The zero-order valence-electron chi connectivity index (χ0n) is 79.2.